The molecule has 0 aliphatic carbocycles. The number of aromatic nitrogens is 2. The van der Waals surface area contributed by atoms with E-state index in [9.17, 15) is 9.90 Å². The molecule has 0 spiro atoms. The van der Waals surface area contributed by atoms with Crippen molar-refractivity contribution in [3.8, 4) is 5.75 Å². The van der Waals surface area contributed by atoms with Crippen molar-refractivity contribution in [1.29, 1.82) is 0 Å². The highest BCUT2D eigenvalue weighted by molar-refractivity contribution is 7.80. The Hall–Kier alpha value is -2.41. The Balaban J connectivity index is 2.25. The van der Waals surface area contributed by atoms with Gasteiger partial charge in [0.05, 0.1) is 17.3 Å². The number of benzene rings is 1. The fourth-order valence-corrected chi connectivity index (χ4v) is 1.57. The standard InChI is InChI=1S/C11H10N4O2S/c12-9(18)7-5-13-15-10(7)14-11(17)6-3-1-2-4-8(6)16/h1-5,16H,(H2,12,18)(H2,13,14,15,17). The van der Waals surface area contributed by atoms with E-state index in [0.717, 1.165) is 0 Å². The summed E-state index contributed by atoms with van der Waals surface area (Å²) in [7, 11) is 0. The second-order valence-electron chi connectivity index (χ2n) is 3.49. The summed E-state index contributed by atoms with van der Waals surface area (Å²) in [6.45, 7) is 0. The van der Waals surface area contributed by atoms with Crippen molar-refractivity contribution < 1.29 is 9.90 Å². The van der Waals surface area contributed by atoms with Gasteiger partial charge in [0.25, 0.3) is 5.91 Å². The normalized spacial score (nSPS) is 10.0. The minimum atomic E-state index is -0.477. The number of hydrogen-bond donors (Lipinski definition) is 4. The van der Waals surface area contributed by atoms with Crippen LogP contribution >= 0.6 is 12.2 Å². The molecule has 0 atom stereocenters. The van der Waals surface area contributed by atoms with Crippen LogP contribution in [0.25, 0.3) is 0 Å². The Kier molecular flexibility index (Phi) is 3.24. The number of phenols is 1. The van der Waals surface area contributed by atoms with Gasteiger partial charge in [-0.2, -0.15) is 5.10 Å². The van der Waals surface area contributed by atoms with Crippen LogP contribution in [0.4, 0.5) is 5.82 Å². The topological polar surface area (TPSA) is 104 Å². The third-order valence-corrected chi connectivity index (χ3v) is 2.51. The lowest BCUT2D eigenvalue weighted by atomic mass is 10.2. The molecule has 1 heterocycles. The van der Waals surface area contributed by atoms with Crippen LogP contribution in [0.15, 0.2) is 30.5 Å². The van der Waals surface area contributed by atoms with Gasteiger partial charge in [0.2, 0.25) is 0 Å². The van der Waals surface area contributed by atoms with Gasteiger partial charge in [0, 0.05) is 0 Å². The lowest BCUT2D eigenvalue weighted by molar-refractivity contribution is 0.102. The number of hydrogen-bond acceptors (Lipinski definition) is 4. The van der Waals surface area contributed by atoms with Crippen molar-refractivity contribution in [2.45, 2.75) is 0 Å². The van der Waals surface area contributed by atoms with Gasteiger partial charge in [-0.25, -0.2) is 0 Å². The average molecular weight is 262 g/mol. The first-order valence-electron chi connectivity index (χ1n) is 5.02. The van der Waals surface area contributed by atoms with E-state index in [4.69, 9.17) is 18.0 Å². The fraction of sp³-hybridized carbons (Fsp3) is 0. The highest BCUT2D eigenvalue weighted by atomic mass is 32.1. The molecular formula is C11H10N4O2S. The number of aromatic hydroxyl groups is 1. The van der Waals surface area contributed by atoms with Gasteiger partial charge in [0.1, 0.15) is 16.6 Å². The molecule has 1 amide bonds. The number of H-pyrrole nitrogens is 1. The summed E-state index contributed by atoms with van der Waals surface area (Å²) in [6.07, 6.45) is 1.42. The number of carbonyl (C=O) groups excluding carboxylic acids is 1. The molecule has 18 heavy (non-hydrogen) atoms. The van der Waals surface area contributed by atoms with Crippen LogP contribution in [0.1, 0.15) is 15.9 Å². The number of thiocarbonyl (C=S) groups is 1. The Morgan fingerprint density at radius 1 is 1.39 bits per heavy atom. The second-order valence-corrected chi connectivity index (χ2v) is 3.93. The number of rotatable bonds is 3. The summed E-state index contributed by atoms with van der Waals surface area (Å²) < 4.78 is 0. The molecule has 0 aliphatic rings. The van der Waals surface area contributed by atoms with E-state index in [1.165, 1.54) is 18.3 Å². The van der Waals surface area contributed by atoms with Gasteiger partial charge in [-0.15, -0.1) is 0 Å². The number of aromatic amines is 1. The van der Waals surface area contributed by atoms with E-state index in [1.807, 2.05) is 0 Å². The Labute approximate surface area is 108 Å². The fourth-order valence-electron chi connectivity index (χ4n) is 1.41. The van der Waals surface area contributed by atoms with Crippen LogP contribution in [0.2, 0.25) is 0 Å². The number of anilines is 1. The maximum atomic E-state index is 11.9. The van der Waals surface area contributed by atoms with Crippen molar-refractivity contribution in [3.05, 3.63) is 41.6 Å². The summed E-state index contributed by atoms with van der Waals surface area (Å²) in [4.78, 5) is 12.0. The molecule has 0 bridgehead atoms. The quantitative estimate of drug-likeness (QED) is 0.618. The van der Waals surface area contributed by atoms with Crippen LogP contribution in [0.5, 0.6) is 5.75 Å². The maximum absolute atomic E-state index is 11.9. The zero-order valence-corrected chi connectivity index (χ0v) is 9.99. The summed E-state index contributed by atoms with van der Waals surface area (Å²) in [5.74, 6) is -0.281. The molecule has 92 valence electrons. The smallest absolute Gasteiger partial charge is 0.260 e. The molecule has 1 aromatic carbocycles. The van der Waals surface area contributed by atoms with Crippen molar-refractivity contribution >= 4 is 28.9 Å². The van der Waals surface area contributed by atoms with Crippen LogP contribution < -0.4 is 11.1 Å². The summed E-state index contributed by atoms with van der Waals surface area (Å²) in [5, 5.41) is 18.4. The summed E-state index contributed by atoms with van der Waals surface area (Å²) in [6, 6.07) is 6.21. The molecule has 0 aliphatic heterocycles. The number of nitrogens with one attached hydrogen (secondary N) is 2. The highest BCUT2D eigenvalue weighted by Crippen LogP contribution is 2.18. The van der Waals surface area contributed by atoms with E-state index >= 15 is 0 Å². The van der Waals surface area contributed by atoms with Crippen molar-refractivity contribution in [2.24, 2.45) is 5.73 Å². The predicted octanol–water partition coefficient (Wildman–Crippen LogP) is 1.00. The molecule has 5 N–H and O–H groups in total. The van der Waals surface area contributed by atoms with E-state index in [0.29, 0.717) is 11.4 Å². The summed E-state index contributed by atoms with van der Waals surface area (Å²) in [5.41, 5.74) is 6.07. The molecule has 0 saturated heterocycles. The van der Waals surface area contributed by atoms with Crippen molar-refractivity contribution in [1.82, 2.24) is 10.2 Å². The van der Waals surface area contributed by atoms with E-state index in [-0.39, 0.29) is 16.3 Å². The number of carbonyl (C=O) groups is 1. The molecule has 2 rings (SSSR count). The van der Waals surface area contributed by atoms with Gasteiger partial charge in [-0.05, 0) is 12.1 Å². The molecule has 0 unspecified atom stereocenters. The van der Waals surface area contributed by atoms with Crippen LogP contribution in [-0.2, 0) is 0 Å². The third-order valence-electron chi connectivity index (χ3n) is 2.29. The van der Waals surface area contributed by atoms with Crippen LogP contribution in [0, 0.1) is 0 Å². The summed E-state index contributed by atoms with van der Waals surface area (Å²) >= 11 is 4.82. The van der Waals surface area contributed by atoms with Crippen LogP contribution in [0.3, 0.4) is 0 Å². The third kappa shape index (κ3) is 2.30. The van der Waals surface area contributed by atoms with Crippen molar-refractivity contribution in [2.75, 3.05) is 5.32 Å². The number of amides is 1. The Morgan fingerprint density at radius 2 is 2.11 bits per heavy atom. The first-order valence-corrected chi connectivity index (χ1v) is 5.43. The Morgan fingerprint density at radius 3 is 2.78 bits per heavy atom. The zero-order valence-electron chi connectivity index (χ0n) is 9.18. The van der Waals surface area contributed by atoms with Gasteiger partial charge < -0.3 is 16.2 Å². The largest absolute Gasteiger partial charge is 0.507 e. The number of nitrogens with two attached hydrogens (primary N) is 1. The van der Waals surface area contributed by atoms with Gasteiger partial charge in [-0.1, -0.05) is 24.4 Å². The van der Waals surface area contributed by atoms with Crippen LogP contribution in [-0.4, -0.2) is 26.2 Å². The number of para-hydroxylation sites is 1. The minimum absolute atomic E-state index is 0.105. The SMILES string of the molecule is NC(=S)c1cn[nH]c1NC(=O)c1ccccc1O. The van der Waals surface area contributed by atoms with Gasteiger partial charge in [0.15, 0.2) is 0 Å². The number of nitrogens with zero attached hydrogens (tertiary/aromatic N) is 1. The minimum Gasteiger partial charge on any atom is -0.507 e. The highest BCUT2D eigenvalue weighted by Gasteiger charge is 2.14. The first kappa shape index (κ1) is 12.1. The van der Waals surface area contributed by atoms with Crippen molar-refractivity contribution in [3.63, 3.8) is 0 Å². The molecular weight excluding hydrogens is 252 g/mol. The van der Waals surface area contributed by atoms with E-state index in [1.54, 1.807) is 12.1 Å². The molecule has 7 heteroatoms. The lowest BCUT2D eigenvalue weighted by Gasteiger charge is -2.06. The lowest BCUT2D eigenvalue weighted by Crippen LogP contribution is -2.17. The number of phenolic OH excluding ortho intramolecular Hbond substituents is 1. The zero-order chi connectivity index (χ0) is 13.1. The molecule has 6 nitrogen and oxygen atoms in total. The molecule has 0 fully saturated rings. The first-order chi connectivity index (χ1) is 8.59. The second kappa shape index (κ2) is 4.84. The van der Waals surface area contributed by atoms with E-state index < -0.39 is 5.91 Å². The molecule has 1 aromatic heterocycles. The average Bonchev–Trinajstić information content (AvgIpc) is 2.77. The molecule has 0 radical (unpaired) electrons. The monoisotopic (exact) mass is 262 g/mol. The van der Waals surface area contributed by atoms with E-state index in [2.05, 4.69) is 15.5 Å². The van der Waals surface area contributed by atoms with Gasteiger partial charge >= 0.3 is 0 Å². The maximum Gasteiger partial charge on any atom is 0.260 e. The van der Waals surface area contributed by atoms with Gasteiger partial charge in [-0.3, -0.25) is 9.89 Å². The molecule has 2 aromatic rings. The molecule has 0 saturated carbocycles. The Bertz CT molecular complexity index is 609. The predicted molar refractivity (Wildman–Crippen MR) is 70.5 cm³/mol.